The molecule has 1 aliphatic rings. The van der Waals surface area contributed by atoms with Crippen LogP contribution in [-0.2, 0) is 9.53 Å². The largest absolute Gasteiger partial charge is 0.495 e. The number of anilines is 1. The molecule has 1 amide bonds. The van der Waals surface area contributed by atoms with Crippen molar-refractivity contribution in [1.29, 1.82) is 10.5 Å². The number of hydrogen-bond acceptors (Lipinski definition) is 5. The van der Waals surface area contributed by atoms with Crippen LogP contribution in [0, 0.1) is 28.1 Å². The van der Waals surface area contributed by atoms with Gasteiger partial charge in [-0.25, -0.2) is 0 Å². The number of ether oxygens (including phenoxy) is 2. The fourth-order valence-corrected chi connectivity index (χ4v) is 2.22. The molecule has 1 aromatic rings. The monoisotopic (exact) mass is 285 g/mol. The Bertz CT molecular complexity index is 622. The quantitative estimate of drug-likeness (QED) is 0.914. The number of nitrogens with one attached hydrogen (secondary N) is 1. The first-order valence-corrected chi connectivity index (χ1v) is 6.54. The lowest BCUT2D eigenvalue weighted by Gasteiger charge is -2.29. The number of carbonyl (C=O) groups excluding carboxylic acids is 1. The SMILES string of the molecule is COc1cc(C#N)ccc1NC(=O)C1(C#N)CCOCC1. The molecule has 6 nitrogen and oxygen atoms in total. The smallest absolute Gasteiger partial charge is 0.245 e. The van der Waals surface area contributed by atoms with Crippen LogP contribution in [0.3, 0.4) is 0 Å². The first-order valence-electron chi connectivity index (χ1n) is 6.54. The minimum absolute atomic E-state index is 0.365. The van der Waals surface area contributed by atoms with Gasteiger partial charge in [-0.1, -0.05) is 0 Å². The summed E-state index contributed by atoms with van der Waals surface area (Å²) in [6.07, 6.45) is 0.738. The van der Waals surface area contributed by atoms with E-state index in [1.807, 2.05) is 6.07 Å². The molecule has 6 heteroatoms. The molecule has 0 bridgehead atoms. The zero-order valence-electron chi connectivity index (χ0n) is 11.7. The highest BCUT2D eigenvalue weighted by molar-refractivity contribution is 5.98. The molecule has 1 heterocycles. The molecule has 21 heavy (non-hydrogen) atoms. The van der Waals surface area contributed by atoms with E-state index in [9.17, 15) is 10.1 Å². The summed E-state index contributed by atoms with van der Waals surface area (Å²) in [7, 11) is 1.46. The maximum absolute atomic E-state index is 12.4. The lowest BCUT2D eigenvalue weighted by atomic mass is 9.81. The molecule has 1 saturated heterocycles. The van der Waals surface area contributed by atoms with Gasteiger partial charge in [0.1, 0.15) is 11.2 Å². The predicted octanol–water partition coefficient (Wildman–Crippen LogP) is 1.83. The zero-order chi connectivity index (χ0) is 15.3. The van der Waals surface area contributed by atoms with E-state index in [-0.39, 0.29) is 5.91 Å². The van der Waals surface area contributed by atoms with Crippen molar-refractivity contribution in [3.05, 3.63) is 23.8 Å². The van der Waals surface area contributed by atoms with Crippen molar-refractivity contribution in [2.75, 3.05) is 25.6 Å². The zero-order valence-corrected chi connectivity index (χ0v) is 11.7. The molecule has 1 aliphatic heterocycles. The van der Waals surface area contributed by atoms with Crippen LogP contribution in [0.25, 0.3) is 0 Å². The summed E-state index contributed by atoms with van der Waals surface area (Å²) in [5, 5.41) is 20.9. The van der Waals surface area contributed by atoms with Crippen molar-refractivity contribution in [3.8, 4) is 17.9 Å². The number of methoxy groups -OCH3 is 1. The Morgan fingerprint density at radius 1 is 1.38 bits per heavy atom. The molecule has 0 radical (unpaired) electrons. The van der Waals surface area contributed by atoms with E-state index >= 15 is 0 Å². The second-order valence-electron chi connectivity index (χ2n) is 4.79. The Hall–Kier alpha value is -2.57. The summed E-state index contributed by atoms with van der Waals surface area (Å²) in [4.78, 5) is 12.4. The summed E-state index contributed by atoms with van der Waals surface area (Å²) < 4.78 is 10.4. The van der Waals surface area contributed by atoms with Gasteiger partial charge in [0.2, 0.25) is 5.91 Å². The van der Waals surface area contributed by atoms with Gasteiger partial charge in [-0.2, -0.15) is 10.5 Å². The van der Waals surface area contributed by atoms with E-state index in [4.69, 9.17) is 14.7 Å². The van der Waals surface area contributed by atoms with Crippen LogP contribution >= 0.6 is 0 Å². The fourth-order valence-electron chi connectivity index (χ4n) is 2.22. The summed E-state index contributed by atoms with van der Waals surface area (Å²) in [5.41, 5.74) is -0.189. The summed E-state index contributed by atoms with van der Waals surface area (Å²) in [6, 6.07) is 8.84. The maximum atomic E-state index is 12.4. The molecule has 0 aromatic heterocycles. The Labute approximate surface area is 122 Å². The van der Waals surface area contributed by atoms with Crippen LogP contribution in [0.5, 0.6) is 5.75 Å². The Morgan fingerprint density at radius 3 is 2.67 bits per heavy atom. The summed E-state index contributed by atoms with van der Waals surface area (Å²) in [6.45, 7) is 0.789. The highest BCUT2D eigenvalue weighted by Gasteiger charge is 2.40. The summed E-state index contributed by atoms with van der Waals surface area (Å²) in [5.74, 6) is 0.0267. The standard InChI is InChI=1S/C15H15N3O3/c1-20-13-8-11(9-16)2-3-12(13)18-14(19)15(10-17)4-6-21-7-5-15/h2-3,8H,4-7H2,1H3,(H,18,19). The third kappa shape index (κ3) is 2.96. The third-order valence-corrected chi connectivity index (χ3v) is 3.57. The minimum atomic E-state index is -1.07. The van der Waals surface area contributed by atoms with E-state index in [0.717, 1.165) is 0 Å². The number of benzene rings is 1. The van der Waals surface area contributed by atoms with Crippen LogP contribution < -0.4 is 10.1 Å². The number of nitrogens with zero attached hydrogens (tertiary/aromatic N) is 2. The van der Waals surface area contributed by atoms with Gasteiger partial charge in [-0.15, -0.1) is 0 Å². The van der Waals surface area contributed by atoms with Gasteiger partial charge in [0, 0.05) is 19.3 Å². The molecular weight excluding hydrogens is 270 g/mol. The predicted molar refractivity (Wildman–Crippen MR) is 74.4 cm³/mol. The average molecular weight is 285 g/mol. The van der Waals surface area contributed by atoms with Crippen molar-refractivity contribution in [3.63, 3.8) is 0 Å². The number of amides is 1. The Kier molecular flexibility index (Phi) is 4.42. The van der Waals surface area contributed by atoms with Gasteiger partial charge in [-0.05, 0) is 25.0 Å². The lowest BCUT2D eigenvalue weighted by Crippen LogP contribution is -2.40. The maximum Gasteiger partial charge on any atom is 0.245 e. The van der Waals surface area contributed by atoms with Gasteiger partial charge in [0.05, 0.1) is 30.5 Å². The Balaban J connectivity index is 2.23. The van der Waals surface area contributed by atoms with Crippen LogP contribution in [0.15, 0.2) is 18.2 Å². The molecule has 2 rings (SSSR count). The van der Waals surface area contributed by atoms with E-state index in [1.54, 1.807) is 18.2 Å². The van der Waals surface area contributed by atoms with E-state index in [2.05, 4.69) is 11.4 Å². The molecule has 0 spiro atoms. The first kappa shape index (κ1) is 14.8. The van der Waals surface area contributed by atoms with Crippen molar-refractivity contribution in [2.24, 2.45) is 5.41 Å². The average Bonchev–Trinajstić information content (AvgIpc) is 2.55. The molecule has 1 aromatic carbocycles. The van der Waals surface area contributed by atoms with E-state index in [1.165, 1.54) is 7.11 Å². The second kappa shape index (κ2) is 6.25. The van der Waals surface area contributed by atoms with Crippen molar-refractivity contribution in [1.82, 2.24) is 0 Å². The topological polar surface area (TPSA) is 95.1 Å². The number of nitriles is 2. The number of carbonyl (C=O) groups is 1. The highest BCUT2D eigenvalue weighted by atomic mass is 16.5. The van der Waals surface area contributed by atoms with Crippen molar-refractivity contribution in [2.45, 2.75) is 12.8 Å². The molecule has 108 valence electrons. The van der Waals surface area contributed by atoms with Crippen LogP contribution in [0.4, 0.5) is 5.69 Å². The fraction of sp³-hybridized carbons (Fsp3) is 0.400. The molecular formula is C15H15N3O3. The van der Waals surface area contributed by atoms with E-state index < -0.39 is 5.41 Å². The van der Waals surface area contributed by atoms with Crippen LogP contribution in [0.2, 0.25) is 0 Å². The van der Waals surface area contributed by atoms with Gasteiger partial charge < -0.3 is 14.8 Å². The highest BCUT2D eigenvalue weighted by Crippen LogP contribution is 2.33. The van der Waals surface area contributed by atoms with Gasteiger partial charge in [0.25, 0.3) is 0 Å². The third-order valence-electron chi connectivity index (χ3n) is 3.57. The minimum Gasteiger partial charge on any atom is -0.495 e. The second-order valence-corrected chi connectivity index (χ2v) is 4.79. The molecule has 1 N–H and O–H groups in total. The van der Waals surface area contributed by atoms with E-state index in [0.29, 0.717) is 43.1 Å². The molecule has 0 atom stereocenters. The van der Waals surface area contributed by atoms with Crippen molar-refractivity contribution >= 4 is 11.6 Å². The molecule has 0 saturated carbocycles. The summed E-state index contributed by atoms with van der Waals surface area (Å²) >= 11 is 0. The number of rotatable bonds is 3. The Morgan fingerprint density at radius 2 is 2.10 bits per heavy atom. The van der Waals surface area contributed by atoms with Gasteiger partial charge in [-0.3, -0.25) is 4.79 Å². The first-order chi connectivity index (χ1) is 10.1. The lowest BCUT2D eigenvalue weighted by molar-refractivity contribution is -0.126. The molecule has 1 fully saturated rings. The number of hydrogen-bond donors (Lipinski definition) is 1. The van der Waals surface area contributed by atoms with Gasteiger partial charge in [0.15, 0.2) is 0 Å². The molecule has 0 unspecified atom stereocenters. The van der Waals surface area contributed by atoms with Gasteiger partial charge >= 0.3 is 0 Å². The van der Waals surface area contributed by atoms with Crippen molar-refractivity contribution < 1.29 is 14.3 Å². The van der Waals surface area contributed by atoms with Crippen LogP contribution in [0.1, 0.15) is 18.4 Å². The molecule has 0 aliphatic carbocycles. The van der Waals surface area contributed by atoms with Crippen LogP contribution in [-0.4, -0.2) is 26.2 Å². The normalized spacial score (nSPS) is 16.3.